The molecule has 21 heavy (non-hydrogen) atoms. The summed E-state index contributed by atoms with van der Waals surface area (Å²) in [5, 5.41) is 11.7. The Morgan fingerprint density at radius 3 is 2.43 bits per heavy atom. The third-order valence-electron chi connectivity index (χ3n) is 3.13. The highest BCUT2D eigenvalue weighted by molar-refractivity contribution is 5.91. The van der Waals surface area contributed by atoms with E-state index in [1.54, 1.807) is 18.2 Å². The zero-order valence-electron chi connectivity index (χ0n) is 11.8. The number of nitrogens with zero attached hydrogens (tertiary/aromatic N) is 1. The van der Waals surface area contributed by atoms with Gasteiger partial charge in [0.25, 0.3) is 0 Å². The van der Waals surface area contributed by atoms with E-state index in [9.17, 15) is 4.79 Å². The largest absolute Gasteiger partial charge is 0.346 e. The molecule has 0 aromatic heterocycles. The summed E-state index contributed by atoms with van der Waals surface area (Å²) < 4.78 is 0. The van der Waals surface area contributed by atoms with Crippen molar-refractivity contribution >= 4 is 12.0 Å². The molecule has 2 rings (SSSR count). The third-order valence-corrected chi connectivity index (χ3v) is 3.13. The number of nitriles is 1. The van der Waals surface area contributed by atoms with Gasteiger partial charge in [0.05, 0.1) is 17.7 Å². The molecule has 3 heteroatoms. The molecule has 1 N–H and O–H groups in total. The quantitative estimate of drug-likeness (QED) is 0.870. The molecule has 0 spiro atoms. The summed E-state index contributed by atoms with van der Waals surface area (Å²) in [7, 11) is 0. The first-order chi connectivity index (χ1) is 10.2. The number of carbonyl (C=O) groups is 1. The van der Waals surface area contributed by atoms with E-state index in [4.69, 9.17) is 5.26 Å². The molecule has 0 fully saturated rings. The molecular formula is C18H16N2O. The maximum absolute atomic E-state index is 11.9. The number of benzene rings is 2. The van der Waals surface area contributed by atoms with Crippen molar-refractivity contribution in [1.29, 1.82) is 5.26 Å². The van der Waals surface area contributed by atoms with Crippen LogP contribution in [-0.2, 0) is 4.79 Å². The van der Waals surface area contributed by atoms with E-state index in [1.807, 2.05) is 49.4 Å². The van der Waals surface area contributed by atoms with E-state index in [2.05, 4.69) is 11.4 Å². The van der Waals surface area contributed by atoms with Crippen molar-refractivity contribution in [2.75, 3.05) is 0 Å². The van der Waals surface area contributed by atoms with Crippen LogP contribution in [0.4, 0.5) is 0 Å². The van der Waals surface area contributed by atoms with Gasteiger partial charge in [0.15, 0.2) is 0 Å². The Kier molecular flexibility index (Phi) is 4.89. The average molecular weight is 276 g/mol. The van der Waals surface area contributed by atoms with E-state index < -0.39 is 0 Å². The molecule has 0 saturated heterocycles. The van der Waals surface area contributed by atoms with Gasteiger partial charge in [-0.15, -0.1) is 0 Å². The number of hydrogen-bond acceptors (Lipinski definition) is 2. The van der Waals surface area contributed by atoms with Gasteiger partial charge in [0, 0.05) is 6.08 Å². The minimum absolute atomic E-state index is 0.106. The average Bonchev–Trinajstić information content (AvgIpc) is 2.54. The van der Waals surface area contributed by atoms with Gasteiger partial charge in [-0.2, -0.15) is 5.26 Å². The lowest BCUT2D eigenvalue weighted by molar-refractivity contribution is -0.117. The number of rotatable bonds is 4. The summed E-state index contributed by atoms with van der Waals surface area (Å²) >= 11 is 0. The van der Waals surface area contributed by atoms with E-state index in [0.29, 0.717) is 5.56 Å². The zero-order chi connectivity index (χ0) is 15.1. The molecule has 1 amide bonds. The van der Waals surface area contributed by atoms with Gasteiger partial charge < -0.3 is 5.32 Å². The molecule has 104 valence electrons. The Morgan fingerprint density at radius 2 is 1.81 bits per heavy atom. The molecule has 0 aliphatic heterocycles. The number of amides is 1. The van der Waals surface area contributed by atoms with E-state index in [1.165, 1.54) is 6.08 Å². The Balaban J connectivity index is 1.95. The summed E-state index contributed by atoms with van der Waals surface area (Å²) in [6, 6.07) is 18.8. The molecule has 0 aliphatic rings. The molecule has 0 bridgehead atoms. The zero-order valence-corrected chi connectivity index (χ0v) is 11.8. The van der Waals surface area contributed by atoms with Gasteiger partial charge in [-0.05, 0) is 36.3 Å². The molecule has 0 aliphatic carbocycles. The summed E-state index contributed by atoms with van der Waals surface area (Å²) in [4.78, 5) is 11.9. The summed E-state index contributed by atoms with van der Waals surface area (Å²) in [6.45, 7) is 1.91. The lowest BCUT2D eigenvalue weighted by Crippen LogP contribution is -2.24. The monoisotopic (exact) mass is 276 g/mol. The third kappa shape index (κ3) is 4.32. The van der Waals surface area contributed by atoms with Crippen molar-refractivity contribution < 1.29 is 4.79 Å². The maximum Gasteiger partial charge on any atom is 0.244 e. The second-order valence-electron chi connectivity index (χ2n) is 4.71. The minimum atomic E-state index is -0.143. The normalized spacial score (nSPS) is 11.8. The van der Waals surface area contributed by atoms with Crippen molar-refractivity contribution in [2.24, 2.45) is 0 Å². The molecule has 2 aromatic rings. The second kappa shape index (κ2) is 7.06. The van der Waals surface area contributed by atoms with Gasteiger partial charge >= 0.3 is 0 Å². The minimum Gasteiger partial charge on any atom is -0.346 e. The van der Waals surface area contributed by atoms with E-state index in [-0.39, 0.29) is 11.9 Å². The summed E-state index contributed by atoms with van der Waals surface area (Å²) in [5.74, 6) is -0.143. The van der Waals surface area contributed by atoms with Crippen LogP contribution < -0.4 is 5.32 Å². The second-order valence-corrected chi connectivity index (χ2v) is 4.71. The van der Waals surface area contributed by atoms with Crippen LogP contribution in [0.5, 0.6) is 0 Å². The lowest BCUT2D eigenvalue weighted by atomic mass is 10.1. The van der Waals surface area contributed by atoms with Crippen LogP contribution in [-0.4, -0.2) is 5.91 Å². The molecule has 2 aromatic carbocycles. The Labute approximate surface area is 124 Å². The van der Waals surface area contributed by atoms with Crippen molar-refractivity contribution in [3.63, 3.8) is 0 Å². The van der Waals surface area contributed by atoms with Gasteiger partial charge in [-0.1, -0.05) is 42.5 Å². The fraction of sp³-hybridized carbons (Fsp3) is 0.111. The number of nitrogens with one attached hydrogen (secondary N) is 1. The molecule has 3 nitrogen and oxygen atoms in total. The lowest BCUT2D eigenvalue weighted by Gasteiger charge is -2.12. The molecule has 1 atom stereocenters. The first-order valence-electron chi connectivity index (χ1n) is 6.73. The summed E-state index contributed by atoms with van der Waals surface area (Å²) in [6.07, 6.45) is 3.30. The number of hydrogen-bond donors (Lipinski definition) is 1. The van der Waals surface area contributed by atoms with E-state index >= 15 is 0 Å². The van der Waals surface area contributed by atoms with Crippen molar-refractivity contribution in [3.8, 4) is 6.07 Å². The van der Waals surface area contributed by atoms with Gasteiger partial charge in [0.2, 0.25) is 5.91 Å². The summed E-state index contributed by atoms with van der Waals surface area (Å²) in [5.41, 5.74) is 2.57. The van der Waals surface area contributed by atoms with Crippen molar-refractivity contribution in [1.82, 2.24) is 5.32 Å². The van der Waals surface area contributed by atoms with Gasteiger partial charge in [-0.3, -0.25) is 4.79 Å². The molecule has 0 heterocycles. The first kappa shape index (κ1) is 14.5. The number of carbonyl (C=O) groups excluding carboxylic acids is 1. The van der Waals surface area contributed by atoms with E-state index in [0.717, 1.165) is 11.1 Å². The predicted octanol–water partition coefficient (Wildman–Crippen LogP) is 3.45. The SMILES string of the molecule is CC(NC(=O)/C=C/c1ccccc1)c1ccc(C#N)cc1. The Bertz CT molecular complexity index is 667. The smallest absolute Gasteiger partial charge is 0.244 e. The Hall–Kier alpha value is -2.86. The molecule has 0 radical (unpaired) electrons. The highest BCUT2D eigenvalue weighted by atomic mass is 16.1. The molecule has 0 saturated carbocycles. The van der Waals surface area contributed by atoms with Crippen LogP contribution in [0.1, 0.15) is 29.7 Å². The fourth-order valence-electron chi connectivity index (χ4n) is 1.93. The highest BCUT2D eigenvalue weighted by Crippen LogP contribution is 2.13. The standard InChI is InChI=1S/C18H16N2O/c1-14(17-10-7-16(13-19)8-11-17)20-18(21)12-9-15-5-3-2-4-6-15/h2-12,14H,1H3,(H,20,21)/b12-9+. The van der Waals surface area contributed by atoms with Crippen LogP contribution in [0.2, 0.25) is 0 Å². The van der Waals surface area contributed by atoms with Crippen LogP contribution in [0, 0.1) is 11.3 Å². The van der Waals surface area contributed by atoms with Crippen molar-refractivity contribution in [2.45, 2.75) is 13.0 Å². The topological polar surface area (TPSA) is 52.9 Å². The fourth-order valence-corrected chi connectivity index (χ4v) is 1.93. The maximum atomic E-state index is 11.9. The Morgan fingerprint density at radius 1 is 1.14 bits per heavy atom. The van der Waals surface area contributed by atoms with Crippen LogP contribution >= 0.6 is 0 Å². The van der Waals surface area contributed by atoms with Crippen LogP contribution in [0.15, 0.2) is 60.7 Å². The van der Waals surface area contributed by atoms with Crippen LogP contribution in [0.3, 0.4) is 0 Å². The molecule has 1 unspecified atom stereocenters. The predicted molar refractivity (Wildman–Crippen MR) is 83.2 cm³/mol. The first-order valence-corrected chi connectivity index (χ1v) is 6.73. The van der Waals surface area contributed by atoms with Crippen molar-refractivity contribution in [3.05, 3.63) is 77.4 Å². The van der Waals surface area contributed by atoms with Crippen LogP contribution in [0.25, 0.3) is 6.08 Å². The van der Waals surface area contributed by atoms with Gasteiger partial charge in [-0.25, -0.2) is 0 Å². The van der Waals surface area contributed by atoms with Gasteiger partial charge in [0.1, 0.15) is 0 Å². The highest BCUT2D eigenvalue weighted by Gasteiger charge is 2.07. The molecular weight excluding hydrogens is 260 g/mol.